The van der Waals surface area contributed by atoms with Crippen LogP contribution >= 0.6 is 22.6 Å². The second-order valence-corrected chi connectivity index (χ2v) is 8.44. The lowest BCUT2D eigenvalue weighted by molar-refractivity contribution is 0.0697. The van der Waals surface area contributed by atoms with Crippen LogP contribution in [0.2, 0.25) is 0 Å². The summed E-state index contributed by atoms with van der Waals surface area (Å²) in [5.41, 5.74) is 3.11. The molecule has 0 saturated carbocycles. The van der Waals surface area contributed by atoms with Crippen LogP contribution < -0.4 is 14.8 Å². The Kier molecular flexibility index (Phi) is 6.80. The van der Waals surface area contributed by atoms with Crippen molar-refractivity contribution in [1.82, 2.24) is 0 Å². The molecular weight excluding hydrogens is 517 g/mol. The number of fused-ring (bicyclic) bond motifs is 1. The fourth-order valence-corrected chi connectivity index (χ4v) is 4.37. The third kappa shape index (κ3) is 4.96. The predicted molar refractivity (Wildman–Crippen MR) is 135 cm³/mol. The Balaban J connectivity index is 1.51. The summed E-state index contributed by atoms with van der Waals surface area (Å²) >= 11 is 2.25. The number of ether oxygens (including phenoxy) is 2. The van der Waals surface area contributed by atoms with Crippen molar-refractivity contribution in [2.75, 3.05) is 12.4 Å². The highest BCUT2D eigenvalue weighted by Crippen LogP contribution is 2.35. The Morgan fingerprint density at radius 3 is 2.59 bits per heavy atom. The van der Waals surface area contributed by atoms with Crippen molar-refractivity contribution in [3.8, 4) is 11.5 Å². The summed E-state index contributed by atoms with van der Waals surface area (Å²) in [5.74, 6) is 0.420. The Morgan fingerprint density at radius 2 is 1.78 bits per heavy atom. The molecule has 0 spiro atoms. The van der Waals surface area contributed by atoms with Gasteiger partial charge in [0.05, 0.1) is 16.2 Å². The first-order valence-corrected chi connectivity index (χ1v) is 11.2. The minimum atomic E-state index is -0.947. The molecule has 2 N–H and O–H groups in total. The van der Waals surface area contributed by atoms with Crippen LogP contribution in [0.5, 0.6) is 11.5 Å². The van der Waals surface area contributed by atoms with E-state index >= 15 is 0 Å². The second kappa shape index (κ2) is 9.91. The van der Waals surface area contributed by atoms with Crippen molar-refractivity contribution in [3.63, 3.8) is 0 Å². The number of halogens is 1. The second-order valence-electron chi connectivity index (χ2n) is 7.28. The minimum Gasteiger partial charge on any atom is -0.493 e. The number of nitrogens with one attached hydrogen (secondary N) is 1. The number of hydrogen-bond donors (Lipinski definition) is 2. The van der Waals surface area contributed by atoms with Crippen molar-refractivity contribution >= 4 is 45.0 Å². The Morgan fingerprint density at radius 1 is 1.00 bits per heavy atom. The van der Waals surface area contributed by atoms with Crippen LogP contribution in [0.25, 0.3) is 10.8 Å². The maximum absolute atomic E-state index is 11.2. The predicted octanol–water partition coefficient (Wildman–Crippen LogP) is 6.34. The molecule has 0 heterocycles. The van der Waals surface area contributed by atoms with Crippen LogP contribution in [-0.4, -0.2) is 18.2 Å². The number of benzene rings is 4. The van der Waals surface area contributed by atoms with Crippen LogP contribution in [-0.2, 0) is 13.2 Å². The van der Waals surface area contributed by atoms with E-state index in [-0.39, 0.29) is 5.56 Å². The molecule has 0 aromatic heterocycles. The molecule has 0 saturated heterocycles. The number of hydrogen-bond acceptors (Lipinski definition) is 4. The zero-order chi connectivity index (χ0) is 22.5. The molecule has 6 heteroatoms. The van der Waals surface area contributed by atoms with Crippen LogP contribution in [0.1, 0.15) is 21.5 Å². The first-order chi connectivity index (χ1) is 15.5. The van der Waals surface area contributed by atoms with Gasteiger partial charge in [-0.2, -0.15) is 0 Å². The maximum atomic E-state index is 11.2. The highest BCUT2D eigenvalue weighted by atomic mass is 127. The smallest absolute Gasteiger partial charge is 0.335 e. The number of carboxylic acid groups (broad SMARTS) is 1. The normalized spacial score (nSPS) is 10.7. The molecule has 4 aromatic rings. The molecule has 5 nitrogen and oxygen atoms in total. The van der Waals surface area contributed by atoms with E-state index in [9.17, 15) is 4.79 Å². The molecule has 0 atom stereocenters. The third-order valence-electron chi connectivity index (χ3n) is 5.15. The molecule has 0 aliphatic rings. The monoisotopic (exact) mass is 539 g/mol. The molecule has 32 heavy (non-hydrogen) atoms. The summed E-state index contributed by atoms with van der Waals surface area (Å²) < 4.78 is 12.7. The molecule has 0 bridgehead atoms. The van der Waals surface area contributed by atoms with Crippen LogP contribution in [0, 0.1) is 3.57 Å². The zero-order valence-corrected chi connectivity index (χ0v) is 19.6. The number of carbonyl (C=O) groups is 1. The largest absolute Gasteiger partial charge is 0.493 e. The van der Waals surface area contributed by atoms with Crippen LogP contribution in [0.4, 0.5) is 5.69 Å². The fraction of sp³-hybridized carbons (Fsp3) is 0.115. The lowest BCUT2D eigenvalue weighted by atomic mass is 10.1. The number of methoxy groups -OCH3 is 1. The van der Waals surface area contributed by atoms with Crippen molar-refractivity contribution in [2.24, 2.45) is 0 Å². The standard InChI is InChI=1S/C26H22INO4/c1-31-24-13-17(15-28-21-10-5-8-19(14-21)26(29)30)12-23(27)25(24)32-16-20-9-4-7-18-6-2-3-11-22(18)20/h2-14,28H,15-16H2,1H3,(H,29,30). The van der Waals surface area contributed by atoms with Gasteiger partial charge in [0.1, 0.15) is 6.61 Å². The van der Waals surface area contributed by atoms with Gasteiger partial charge in [-0.25, -0.2) is 4.79 Å². The van der Waals surface area contributed by atoms with Gasteiger partial charge in [-0.15, -0.1) is 0 Å². The Labute approximate surface area is 200 Å². The topological polar surface area (TPSA) is 67.8 Å². The van der Waals surface area contributed by atoms with E-state index in [1.807, 2.05) is 36.4 Å². The zero-order valence-electron chi connectivity index (χ0n) is 17.5. The Hall–Kier alpha value is -3.26. The van der Waals surface area contributed by atoms with Gasteiger partial charge in [0, 0.05) is 12.2 Å². The molecular formula is C26H22INO4. The lowest BCUT2D eigenvalue weighted by Crippen LogP contribution is -2.04. The maximum Gasteiger partial charge on any atom is 0.335 e. The van der Waals surface area contributed by atoms with Gasteiger partial charge >= 0.3 is 5.97 Å². The van der Waals surface area contributed by atoms with Crippen molar-refractivity contribution in [3.05, 3.63) is 99.1 Å². The van der Waals surface area contributed by atoms with E-state index < -0.39 is 5.97 Å². The summed E-state index contributed by atoms with van der Waals surface area (Å²) in [7, 11) is 1.63. The van der Waals surface area contributed by atoms with Gasteiger partial charge < -0.3 is 19.9 Å². The minimum absolute atomic E-state index is 0.249. The molecule has 0 amide bonds. The number of rotatable bonds is 8. The number of anilines is 1. The molecule has 4 rings (SSSR count). The molecule has 4 aromatic carbocycles. The summed E-state index contributed by atoms with van der Waals surface area (Å²) in [5, 5.41) is 14.8. The van der Waals surface area contributed by atoms with E-state index in [4.69, 9.17) is 14.6 Å². The van der Waals surface area contributed by atoms with Gasteiger partial charge in [0.25, 0.3) is 0 Å². The van der Waals surface area contributed by atoms with Gasteiger partial charge in [0.15, 0.2) is 11.5 Å². The van der Waals surface area contributed by atoms with Crippen LogP contribution in [0.3, 0.4) is 0 Å². The summed E-state index contributed by atoms with van der Waals surface area (Å²) in [6.45, 7) is 0.965. The van der Waals surface area contributed by atoms with Gasteiger partial charge in [-0.3, -0.25) is 0 Å². The summed E-state index contributed by atoms with van der Waals surface area (Å²) in [4.78, 5) is 11.2. The SMILES string of the molecule is COc1cc(CNc2cccc(C(=O)O)c2)cc(I)c1OCc1cccc2ccccc12. The quantitative estimate of drug-likeness (QED) is 0.256. The van der Waals surface area contributed by atoms with Gasteiger partial charge in [-0.1, -0.05) is 48.5 Å². The fourth-order valence-electron chi connectivity index (χ4n) is 3.55. The average Bonchev–Trinajstić information content (AvgIpc) is 2.82. The average molecular weight is 539 g/mol. The molecule has 0 unspecified atom stereocenters. The van der Waals surface area contributed by atoms with E-state index in [2.05, 4.69) is 52.2 Å². The highest BCUT2D eigenvalue weighted by Gasteiger charge is 2.13. The Bertz CT molecular complexity index is 1270. The van der Waals surface area contributed by atoms with Crippen molar-refractivity contribution < 1.29 is 19.4 Å². The lowest BCUT2D eigenvalue weighted by Gasteiger charge is -2.16. The number of aromatic carboxylic acids is 1. The van der Waals surface area contributed by atoms with E-state index in [1.165, 1.54) is 10.8 Å². The molecule has 0 radical (unpaired) electrons. The summed E-state index contributed by atoms with van der Waals surface area (Å²) in [6, 6.07) is 25.2. The number of carboxylic acids is 1. The molecule has 0 fully saturated rings. The third-order valence-corrected chi connectivity index (χ3v) is 5.95. The van der Waals surface area contributed by atoms with Crippen LogP contribution in [0.15, 0.2) is 78.9 Å². The first-order valence-electron chi connectivity index (χ1n) is 10.1. The van der Waals surface area contributed by atoms with Crippen molar-refractivity contribution in [1.29, 1.82) is 0 Å². The van der Waals surface area contributed by atoms with E-state index in [0.717, 1.165) is 20.4 Å². The molecule has 0 aliphatic carbocycles. The van der Waals surface area contributed by atoms with E-state index in [0.29, 0.717) is 24.7 Å². The molecule has 162 valence electrons. The van der Waals surface area contributed by atoms with Gasteiger partial charge in [-0.05, 0) is 74.8 Å². The molecule has 0 aliphatic heterocycles. The summed E-state index contributed by atoms with van der Waals surface area (Å²) in [6.07, 6.45) is 0. The first kappa shape index (κ1) is 22.0. The van der Waals surface area contributed by atoms with E-state index in [1.54, 1.807) is 25.3 Å². The van der Waals surface area contributed by atoms with Gasteiger partial charge in [0.2, 0.25) is 0 Å². The van der Waals surface area contributed by atoms with Crippen molar-refractivity contribution in [2.45, 2.75) is 13.2 Å². The highest BCUT2D eigenvalue weighted by molar-refractivity contribution is 14.1.